The topological polar surface area (TPSA) is 57.7 Å². The Hall–Kier alpha value is -1.69. The molecular formula is C18H24N2O3S. The van der Waals surface area contributed by atoms with Gasteiger partial charge in [-0.25, -0.2) is 0 Å². The molecule has 0 bridgehead atoms. The van der Waals surface area contributed by atoms with E-state index in [4.69, 9.17) is 0 Å². The third-order valence-electron chi connectivity index (χ3n) is 5.28. The van der Waals surface area contributed by atoms with Gasteiger partial charge in [-0.2, -0.15) is 0 Å². The molecule has 2 aliphatic rings. The molecular weight excluding hydrogens is 324 g/mol. The van der Waals surface area contributed by atoms with Crippen molar-refractivity contribution in [2.75, 3.05) is 7.05 Å². The SMILES string of the molecule is Cc1c(CC(C)C)sc2c1CN(C1(C)CCC(=O)N(C)C1=O)C2=O. The number of likely N-dealkylation sites (N-methyl/N-ethyl adjacent to an activating group) is 1. The molecule has 0 N–H and O–H groups in total. The molecule has 3 heterocycles. The van der Waals surface area contributed by atoms with Crippen molar-refractivity contribution in [1.82, 2.24) is 9.80 Å². The molecule has 1 fully saturated rings. The van der Waals surface area contributed by atoms with Crippen molar-refractivity contribution in [3.05, 3.63) is 20.9 Å². The van der Waals surface area contributed by atoms with E-state index in [1.807, 2.05) is 0 Å². The Morgan fingerprint density at radius 3 is 2.50 bits per heavy atom. The quantitative estimate of drug-likeness (QED) is 0.789. The molecule has 3 rings (SSSR count). The zero-order valence-electron chi connectivity index (χ0n) is 14.9. The molecule has 1 unspecified atom stereocenters. The first-order valence-corrected chi connectivity index (χ1v) is 9.22. The van der Waals surface area contributed by atoms with E-state index in [-0.39, 0.29) is 17.7 Å². The van der Waals surface area contributed by atoms with Crippen molar-refractivity contribution in [1.29, 1.82) is 0 Å². The number of carbonyl (C=O) groups excluding carboxylic acids is 3. The van der Waals surface area contributed by atoms with Gasteiger partial charge in [0.25, 0.3) is 11.8 Å². The number of carbonyl (C=O) groups is 3. The highest BCUT2D eigenvalue weighted by Crippen LogP contribution is 2.41. The highest BCUT2D eigenvalue weighted by Gasteiger charge is 2.51. The normalized spacial score (nSPS) is 24.3. The zero-order chi connectivity index (χ0) is 17.8. The molecule has 2 aliphatic heterocycles. The molecule has 0 saturated carbocycles. The van der Waals surface area contributed by atoms with Crippen LogP contribution in [0.1, 0.15) is 59.3 Å². The van der Waals surface area contributed by atoms with Gasteiger partial charge in [-0.3, -0.25) is 19.3 Å². The van der Waals surface area contributed by atoms with Crippen LogP contribution in [0, 0.1) is 12.8 Å². The summed E-state index contributed by atoms with van der Waals surface area (Å²) in [4.78, 5) is 42.3. The van der Waals surface area contributed by atoms with Crippen molar-refractivity contribution in [3.63, 3.8) is 0 Å². The van der Waals surface area contributed by atoms with Gasteiger partial charge in [0.2, 0.25) is 5.91 Å². The van der Waals surface area contributed by atoms with Crippen LogP contribution >= 0.6 is 11.3 Å². The molecule has 3 amide bonds. The lowest BCUT2D eigenvalue weighted by Gasteiger charge is -2.42. The Morgan fingerprint density at radius 2 is 1.92 bits per heavy atom. The van der Waals surface area contributed by atoms with Gasteiger partial charge >= 0.3 is 0 Å². The highest BCUT2D eigenvalue weighted by molar-refractivity contribution is 7.14. The predicted molar refractivity (Wildman–Crippen MR) is 92.9 cm³/mol. The lowest BCUT2D eigenvalue weighted by Crippen LogP contribution is -2.61. The van der Waals surface area contributed by atoms with E-state index in [2.05, 4.69) is 20.8 Å². The van der Waals surface area contributed by atoms with Crippen LogP contribution < -0.4 is 0 Å². The van der Waals surface area contributed by atoms with E-state index >= 15 is 0 Å². The van der Waals surface area contributed by atoms with E-state index in [0.717, 1.165) is 16.9 Å². The summed E-state index contributed by atoms with van der Waals surface area (Å²) in [5.74, 6) is 0.0362. The van der Waals surface area contributed by atoms with Gasteiger partial charge in [-0.05, 0) is 43.7 Å². The molecule has 0 aliphatic carbocycles. The van der Waals surface area contributed by atoms with Crippen LogP contribution in [0.5, 0.6) is 0 Å². The second-order valence-corrected chi connectivity index (χ2v) is 8.58. The van der Waals surface area contributed by atoms with Gasteiger partial charge < -0.3 is 4.90 Å². The van der Waals surface area contributed by atoms with Gasteiger partial charge in [0, 0.05) is 24.9 Å². The minimum atomic E-state index is -0.927. The van der Waals surface area contributed by atoms with Gasteiger partial charge in [0.15, 0.2) is 0 Å². The number of hydrogen-bond acceptors (Lipinski definition) is 4. The average molecular weight is 348 g/mol. The van der Waals surface area contributed by atoms with Crippen LogP contribution in [0.2, 0.25) is 0 Å². The number of piperidine rings is 1. The van der Waals surface area contributed by atoms with Gasteiger partial charge in [0.1, 0.15) is 5.54 Å². The van der Waals surface area contributed by atoms with E-state index in [1.165, 1.54) is 22.4 Å². The summed E-state index contributed by atoms with van der Waals surface area (Å²) < 4.78 is 0. The van der Waals surface area contributed by atoms with Crippen LogP contribution in [0.15, 0.2) is 0 Å². The van der Waals surface area contributed by atoms with E-state index in [0.29, 0.717) is 25.3 Å². The van der Waals surface area contributed by atoms with Crippen molar-refractivity contribution >= 4 is 29.1 Å². The molecule has 0 spiro atoms. The Balaban J connectivity index is 1.92. The summed E-state index contributed by atoms with van der Waals surface area (Å²) in [5.41, 5.74) is 1.33. The number of fused-ring (bicyclic) bond motifs is 1. The Morgan fingerprint density at radius 1 is 1.25 bits per heavy atom. The molecule has 1 atom stereocenters. The molecule has 0 aromatic carbocycles. The number of thiophene rings is 1. The molecule has 1 aromatic rings. The average Bonchev–Trinajstić information content (AvgIpc) is 3.00. The smallest absolute Gasteiger partial charge is 0.265 e. The maximum atomic E-state index is 13.0. The number of amides is 3. The largest absolute Gasteiger partial charge is 0.319 e. The zero-order valence-corrected chi connectivity index (χ0v) is 15.7. The molecule has 1 aromatic heterocycles. The van der Waals surface area contributed by atoms with Crippen molar-refractivity contribution in [3.8, 4) is 0 Å². The molecule has 0 radical (unpaired) electrons. The first-order valence-electron chi connectivity index (χ1n) is 8.41. The predicted octanol–water partition coefficient (Wildman–Crippen LogP) is 2.75. The number of rotatable bonds is 3. The number of imide groups is 1. The minimum Gasteiger partial charge on any atom is -0.319 e. The summed E-state index contributed by atoms with van der Waals surface area (Å²) >= 11 is 1.57. The van der Waals surface area contributed by atoms with Gasteiger partial charge in [0.05, 0.1) is 4.88 Å². The van der Waals surface area contributed by atoms with Crippen LogP contribution in [0.3, 0.4) is 0 Å². The van der Waals surface area contributed by atoms with Crippen molar-refractivity contribution in [2.24, 2.45) is 5.92 Å². The molecule has 130 valence electrons. The van der Waals surface area contributed by atoms with Crippen LogP contribution in [-0.4, -0.2) is 40.1 Å². The third kappa shape index (κ3) is 2.39. The van der Waals surface area contributed by atoms with E-state index in [9.17, 15) is 14.4 Å². The Kier molecular flexibility index (Phi) is 4.06. The van der Waals surface area contributed by atoms with Crippen LogP contribution in [-0.2, 0) is 22.6 Å². The third-order valence-corrected chi connectivity index (χ3v) is 6.62. The standard InChI is InChI=1S/C18H24N2O3S/c1-10(2)8-13-11(3)12-9-20(16(22)15(12)24-13)18(4)7-6-14(21)19(5)17(18)23/h10H,6-9H2,1-5H3. The van der Waals surface area contributed by atoms with E-state index in [1.54, 1.807) is 23.2 Å². The summed E-state index contributed by atoms with van der Waals surface area (Å²) in [7, 11) is 1.50. The summed E-state index contributed by atoms with van der Waals surface area (Å²) in [6.07, 6.45) is 1.67. The molecule has 1 saturated heterocycles. The monoisotopic (exact) mass is 348 g/mol. The number of hydrogen-bond donors (Lipinski definition) is 0. The lowest BCUT2D eigenvalue weighted by atomic mass is 9.88. The summed E-state index contributed by atoms with van der Waals surface area (Å²) in [6.45, 7) is 8.68. The number of nitrogens with zero attached hydrogens (tertiary/aromatic N) is 2. The fraction of sp³-hybridized carbons (Fsp3) is 0.611. The van der Waals surface area contributed by atoms with Crippen LogP contribution in [0.4, 0.5) is 0 Å². The minimum absolute atomic E-state index is 0.0632. The fourth-order valence-corrected chi connectivity index (χ4v) is 5.11. The lowest BCUT2D eigenvalue weighted by molar-refractivity contribution is -0.155. The fourth-order valence-electron chi connectivity index (χ4n) is 3.63. The second kappa shape index (κ2) is 5.69. The van der Waals surface area contributed by atoms with Crippen molar-refractivity contribution in [2.45, 2.75) is 59.0 Å². The first kappa shape index (κ1) is 17.1. The Labute approximate surface area is 146 Å². The highest BCUT2D eigenvalue weighted by atomic mass is 32.1. The maximum Gasteiger partial charge on any atom is 0.265 e. The molecule has 5 nitrogen and oxygen atoms in total. The second-order valence-electron chi connectivity index (χ2n) is 7.48. The van der Waals surface area contributed by atoms with E-state index < -0.39 is 5.54 Å². The Bertz CT molecular complexity index is 737. The van der Waals surface area contributed by atoms with Gasteiger partial charge in [-0.1, -0.05) is 13.8 Å². The first-order chi connectivity index (χ1) is 11.2. The molecule has 24 heavy (non-hydrogen) atoms. The summed E-state index contributed by atoms with van der Waals surface area (Å²) in [6, 6.07) is 0. The maximum absolute atomic E-state index is 13.0. The summed E-state index contributed by atoms with van der Waals surface area (Å²) in [5, 5.41) is 0. The number of likely N-dealkylation sites (tertiary alicyclic amines) is 1. The van der Waals surface area contributed by atoms with Crippen molar-refractivity contribution < 1.29 is 14.4 Å². The molecule has 6 heteroatoms. The van der Waals surface area contributed by atoms with Gasteiger partial charge in [-0.15, -0.1) is 11.3 Å². The van der Waals surface area contributed by atoms with Crippen LogP contribution in [0.25, 0.3) is 0 Å².